The molecular weight excluding hydrogens is 236 g/mol. The van der Waals surface area contributed by atoms with Gasteiger partial charge in [0.1, 0.15) is 5.82 Å². The van der Waals surface area contributed by atoms with Crippen LogP contribution in [0.3, 0.4) is 0 Å². The standard InChI is InChI=1S/C15H14N4/c1-2-4-12-9-13(6-5-11(12)3-1)15-18-17-14-10-16-7-8-19(14)15/h1-6,9,16H,7-8,10H2. The first kappa shape index (κ1) is 10.7. The van der Waals surface area contributed by atoms with E-state index in [4.69, 9.17) is 0 Å². The Morgan fingerprint density at radius 1 is 1.00 bits per heavy atom. The lowest BCUT2D eigenvalue weighted by Crippen LogP contribution is -2.28. The van der Waals surface area contributed by atoms with Crippen molar-refractivity contribution in [3.05, 3.63) is 48.3 Å². The highest BCUT2D eigenvalue weighted by atomic mass is 15.3. The molecule has 4 rings (SSSR count). The van der Waals surface area contributed by atoms with E-state index < -0.39 is 0 Å². The molecule has 0 saturated carbocycles. The van der Waals surface area contributed by atoms with Crippen LogP contribution in [0.15, 0.2) is 42.5 Å². The highest BCUT2D eigenvalue weighted by molar-refractivity contribution is 5.86. The molecule has 1 aliphatic rings. The topological polar surface area (TPSA) is 42.7 Å². The molecule has 1 aliphatic heterocycles. The summed E-state index contributed by atoms with van der Waals surface area (Å²) >= 11 is 0. The second-order valence-corrected chi connectivity index (χ2v) is 4.83. The normalized spacial score (nSPS) is 14.5. The zero-order chi connectivity index (χ0) is 12.7. The average Bonchev–Trinajstić information content (AvgIpc) is 2.91. The van der Waals surface area contributed by atoms with Crippen molar-refractivity contribution in [2.75, 3.05) is 6.54 Å². The van der Waals surface area contributed by atoms with Crippen LogP contribution < -0.4 is 5.32 Å². The number of nitrogens with zero attached hydrogens (tertiary/aromatic N) is 3. The molecule has 94 valence electrons. The van der Waals surface area contributed by atoms with Crippen LogP contribution in [0.5, 0.6) is 0 Å². The van der Waals surface area contributed by atoms with Crippen LogP contribution in [0.1, 0.15) is 5.82 Å². The molecule has 0 saturated heterocycles. The number of aromatic nitrogens is 3. The predicted octanol–water partition coefficient (Wildman–Crippen LogP) is 2.20. The van der Waals surface area contributed by atoms with Crippen LogP contribution in [0.4, 0.5) is 0 Å². The van der Waals surface area contributed by atoms with Gasteiger partial charge in [-0.1, -0.05) is 36.4 Å². The molecule has 1 aromatic heterocycles. The van der Waals surface area contributed by atoms with Gasteiger partial charge in [0.2, 0.25) is 0 Å². The largest absolute Gasteiger partial charge is 0.309 e. The fourth-order valence-electron chi connectivity index (χ4n) is 2.63. The summed E-state index contributed by atoms with van der Waals surface area (Å²) in [6.07, 6.45) is 0. The Hall–Kier alpha value is -2.20. The van der Waals surface area contributed by atoms with Gasteiger partial charge in [0.05, 0.1) is 6.54 Å². The fraction of sp³-hybridized carbons (Fsp3) is 0.200. The van der Waals surface area contributed by atoms with Crippen molar-refractivity contribution in [1.82, 2.24) is 20.1 Å². The molecule has 0 aliphatic carbocycles. The van der Waals surface area contributed by atoms with Crippen LogP contribution >= 0.6 is 0 Å². The highest BCUT2D eigenvalue weighted by Crippen LogP contribution is 2.24. The van der Waals surface area contributed by atoms with Crippen molar-refractivity contribution in [1.29, 1.82) is 0 Å². The van der Waals surface area contributed by atoms with Gasteiger partial charge in [-0.3, -0.25) is 0 Å². The number of fused-ring (bicyclic) bond motifs is 2. The van der Waals surface area contributed by atoms with Crippen molar-refractivity contribution in [2.24, 2.45) is 0 Å². The highest BCUT2D eigenvalue weighted by Gasteiger charge is 2.16. The lowest BCUT2D eigenvalue weighted by Gasteiger charge is -2.16. The molecule has 1 N–H and O–H groups in total. The summed E-state index contributed by atoms with van der Waals surface area (Å²) in [5.41, 5.74) is 1.14. The second kappa shape index (κ2) is 4.17. The second-order valence-electron chi connectivity index (χ2n) is 4.83. The van der Waals surface area contributed by atoms with E-state index in [1.807, 2.05) is 0 Å². The maximum atomic E-state index is 4.35. The van der Waals surface area contributed by atoms with E-state index in [0.29, 0.717) is 0 Å². The summed E-state index contributed by atoms with van der Waals surface area (Å²) in [6, 6.07) is 14.8. The van der Waals surface area contributed by atoms with Gasteiger partial charge in [-0.25, -0.2) is 0 Å². The Morgan fingerprint density at radius 2 is 1.89 bits per heavy atom. The molecule has 0 unspecified atom stereocenters. The molecule has 19 heavy (non-hydrogen) atoms. The number of hydrogen-bond donors (Lipinski definition) is 1. The Labute approximate surface area is 111 Å². The molecule has 3 aromatic rings. The van der Waals surface area contributed by atoms with Crippen LogP contribution in [0.25, 0.3) is 22.2 Å². The first-order chi connectivity index (χ1) is 9.42. The van der Waals surface area contributed by atoms with Gasteiger partial charge in [0, 0.05) is 18.7 Å². The maximum Gasteiger partial charge on any atom is 0.164 e. The van der Waals surface area contributed by atoms with E-state index in [-0.39, 0.29) is 0 Å². The van der Waals surface area contributed by atoms with Crippen LogP contribution in [-0.2, 0) is 13.1 Å². The van der Waals surface area contributed by atoms with Gasteiger partial charge in [-0.15, -0.1) is 10.2 Å². The molecule has 0 radical (unpaired) electrons. The number of nitrogens with one attached hydrogen (secondary N) is 1. The molecule has 2 aromatic carbocycles. The lowest BCUT2D eigenvalue weighted by molar-refractivity contribution is 0.508. The third-order valence-electron chi connectivity index (χ3n) is 3.63. The minimum absolute atomic E-state index is 0.806. The quantitative estimate of drug-likeness (QED) is 0.720. The first-order valence-corrected chi connectivity index (χ1v) is 6.54. The monoisotopic (exact) mass is 250 g/mol. The van der Waals surface area contributed by atoms with E-state index in [0.717, 1.165) is 36.8 Å². The molecule has 0 amide bonds. The minimum Gasteiger partial charge on any atom is -0.309 e. The fourth-order valence-corrected chi connectivity index (χ4v) is 2.63. The molecule has 0 spiro atoms. The van der Waals surface area contributed by atoms with E-state index in [1.165, 1.54) is 10.8 Å². The number of hydrogen-bond acceptors (Lipinski definition) is 3. The predicted molar refractivity (Wildman–Crippen MR) is 74.7 cm³/mol. The molecule has 2 heterocycles. The Morgan fingerprint density at radius 3 is 2.84 bits per heavy atom. The van der Waals surface area contributed by atoms with Crippen molar-refractivity contribution in [2.45, 2.75) is 13.1 Å². The van der Waals surface area contributed by atoms with Gasteiger partial charge in [-0.05, 0) is 16.8 Å². The Kier molecular flexibility index (Phi) is 2.35. The van der Waals surface area contributed by atoms with Crippen molar-refractivity contribution in [3.63, 3.8) is 0 Å². The van der Waals surface area contributed by atoms with Gasteiger partial charge >= 0.3 is 0 Å². The van der Waals surface area contributed by atoms with Crippen LogP contribution in [0, 0.1) is 0 Å². The SMILES string of the molecule is c1ccc2cc(-c3nnc4n3CCNC4)ccc2c1. The van der Waals surface area contributed by atoms with E-state index in [2.05, 4.69) is 62.5 Å². The Bertz CT molecular complexity index is 745. The number of rotatable bonds is 1. The molecule has 4 nitrogen and oxygen atoms in total. The summed E-state index contributed by atoms with van der Waals surface area (Å²) in [7, 11) is 0. The van der Waals surface area contributed by atoms with Crippen LogP contribution in [0.2, 0.25) is 0 Å². The average molecular weight is 250 g/mol. The summed E-state index contributed by atoms with van der Waals surface area (Å²) in [4.78, 5) is 0. The van der Waals surface area contributed by atoms with Crippen LogP contribution in [-0.4, -0.2) is 21.3 Å². The van der Waals surface area contributed by atoms with Gasteiger partial charge < -0.3 is 9.88 Å². The van der Waals surface area contributed by atoms with E-state index in [9.17, 15) is 0 Å². The maximum absolute atomic E-state index is 4.35. The lowest BCUT2D eigenvalue weighted by atomic mass is 10.1. The van der Waals surface area contributed by atoms with Gasteiger partial charge in [0.15, 0.2) is 5.82 Å². The first-order valence-electron chi connectivity index (χ1n) is 6.54. The smallest absolute Gasteiger partial charge is 0.164 e. The zero-order valence-corrected chi connectivity index (χ0v) is 10.5. The molecule has 0 bridgehead atoms. The van der Waals surface area contributed by atoms with E-state index in [1.54, 1.807) is 0 Å². The van der Waals surface area contributed by atoms with Gasteiger partial charge in [-0.2, -0.15) is 0 Å². The van der Waals surface area contributed by atoms with Crippen molar-refractivity contribution in [3.8, 4) is 11.4 Å². The third-order valence-corrected chi connectivity index (χ3v) is 3.63. The third kappa shape index (κ3) is 1.72. The summed E-state index contributed by atoms with van der Waals surface area (Å²) in [6.45, 7) is 2.72. The Balaban J connectivity index is 1.88. The van der Waals surface area contributed by atoms with Crippen molar-refractivity contribution >= 4 is 10.8 Å². The molecule has 0 atom stereocenters. The summed E-state index contributed by atoms with van der Waals surface area (Å²) in [5, 5.41) is 14.4. The number of benzene rings is 2. The summed E-state index contributed by atoms with van der Waals surface area (Å²) in [5.74, 6) is 2.00. The zero-order valence-electron chi connectivity index (χ0n) is 10.5. The van der Waals surface area contributed by atoms with Crippen molar-refractivity contribution < 1.29 is 0 Å². The van der Waals surface area contributed by atoms with Gasteiger partial charge in [0.25, 0.3) is 0 Å². The molecule has 4 heteroatoms. The molecule has 0 fully saturated rings. The molecular formula is C15H14N4. The summed E-state index contributed by atoms with van der Waals surface area (Å²) < 4.78 is 2.21. The minimum atomic E-state index is 0.806. The van der Waals surface area contributed by atoms with E-state index >= 15 is 0 Å².